The van der Waals surface area contributed by atoms with Crippen LogP contribution in [0.15, 0.2) is 0 Å². The molecule has 2 aliphatic rings. The van der Waals surface area contributed by atoms with E-state index in [4.69, 9.17) is 9.47 Å². The van der Waals surface area contributed by atoms with Crippen molar-refractivity contribution in [3.63, 3.8) is 0 Å². The van der Waals surface area contributed by atoms with Crippen LogP contribution in [-0.4, -0.2) is 24.3 Å². The van der Waals surface area contributed by atoms with E-state index in [0.717, 1.165) is 12.8 Å². The maximum absolute atomic E-state index is 11.6. The normalized spacial score (nSPS) is 37.7. The Bertz CT molecular complexity index is 272. The second-order valence-electron chi connectivity index (χ2n) is 5.23. The summed E-state index contributed by atoms with van der Waals surface area (Å²) in [6.07, 6.45) is 4.26. The zero-order valence-corrected chi connectivity index (χ0v) is 9.84. The molecule has 3 nitrogen and oxygen atoms in total. The molecule has 1 spiro atoms. The van der Waals surface area contributed by atoms with Crippen LogP contribution >= 0.6 is 0 Å². The monoisotopic (exact) mass is 212 g/mol. The van der Waals surface area contributed by atoms with Gasteiger partial charge < -0.3 is 9.47 Å². The molecule has 1 saturated heterocycles. The summed E-state index contributed by atoms with van der Waals surface area (Å²) >= 11 is 0. The molecule has 3 heteroatoms. The number of carbonyl (C=O) groups is 1. The van der Waals surface area contributed by atoms with E-state index in [1.807, 2.05) is 6.92 Å². The van der Waals surface area contributed by atoms with Gasteiger partial charge >= 0.3 is 5.97 Å². The maximum atomic E-state index is 11.6. The number of rotatable bonds is 2. The Morgan fingerprint density at radius 1 is 1.40 bits per heavy atom. The van der Waals surface area contributed by atoms with Crippen LogP contribution in [0, 0.1) is 5.41 Å². The van der Waals surface area contributed by atoms with Crippen molar-refractivity contribution >= 4 is 5.97 Å². The van der Waals surface area contributed by atoms with Crippen LogP contribution in [0.5, 0.6) is 0 Å². The molecule has 2 unspecified atom stereocenters. The number of carbonyl (C=O) groups excluding carboxylic acids is 1. The van der Waals surface area contributed by atoms with Crippen molar-refractivity contribution in [2.45, 2.75) is 58.2 Å². The summed E-state index contributed by atoms with van der Waals surface area (Å²) < 4.78 is 10.7. The van der Waals surface area contributed by atoms with Crippen molar-refractivity contribution < 1.29 is 14.3 Å². The molecule has 1 aliphatic heterocycles. The van der Waals surface area contributed by atoms with Crippen LogP contribution in [0.4, 0.5) is 0 Å². The Balaban J connectivity index is 2.07. The summed E-state index contributed by atoms with van der Waals surface area (Å²) in [5.74, 6) is -0.174. The molecule has 2 atom stereocenters. The van der Waals surface area contributed by atoms with E-state index in [1.54, 1.807) is 0 Å². The fourth-order valence-electron chi connectivity index (χ4n) is 2.84. The molecule has 0 bridgehead atoms. The zero-order valence-electron chi connectivity index (χ0n) is 9.84. The minimum absolute atomic E-state index is 0.114. The molecule has 0 aromatic rings. The van der Waals surface area contributed by atoms with Crippen molar-refractivity contribution in [1.82, 2.24) is 0 Å². The summed E-state index contributed by atoms with van der Waals surface area (Å²) in [7, 11) is 0. The smallest absolute Gasteiger partial charge is 0.338 e. The van der Waals surface area contributed by atoms with Gasteiger partial charge in [-0.15, -0.1) is 0 Å². The van der Waals surface area contributed by atoms with Crippen LogP contribution in [0.1, 0.15) is 46.5 Å². The molecule has 1 aliphatic carbocycles. The van der Waals surface area contributed by atoms with Gasteiger partial charge in [0.05, 0.1) is 6.61 Å². The van der Waals surface area contributed by atoms with Gasteiger partial charge in [-0.3, -0.25) is 0 Å². The van der Waals surface area contributed by atoms with Crippen LogP contribution in [0.25, 0.3) is 0 Å². The third kappa shape index (κ3) is 1.57. The van der Waals surface area contributed by atoms with Crippen LogP contribution in [0.2, 0.25) is 0 Å². The van der Waals surface area contributed by atoms with E-state index in [9.17, 15) is 4.79 Å². The number of hydrogen-bond acceptors (Lipinski definition) is 3. The lowest BCUT2D eigenvalue weighted by atomic mass is 9.67. The minimum Gasteiger partial charge on any atom is -0.464 e. The van der Waals surface area contributed by atoms with E-state index in [-0.39, 0.29) is 23.1 Å². The van der Waals surface area contributed by atoms with Gasteiger partial charge in [0, 0.05) is 0 Å². The van der Waals surface area contributed by atoms with Gasteiger partial charge in [-0.1, -0.05) is 26.7 Å². The first-order chi connectivity index (χ1) is 7.03. The molecule has 2 fully saturated rings. The minimum atomic E-state index is -0.298. The Morgan fingerprint density at radius 3 is 2.67 bits per heavy atom. The Kier molecular flexibility index (Phi) is 2.53. The van der Waals surface area contributed by atoms with Crippen LogP contribution < -0.4 is 0 Å². The second-order valence-corrected chi connectivity index (χ2v) is 5.23. The fraction of sp³-hybridized carbons (Fsp3) is 0.917. The Labute approximate surface area is 91.1 Å². The molecule has 2 rings (SSSR count). The van der Waals surface area contributed by atoms with Gasteiger partial charge in [-0.2, -0.15) is 0 Å². The average molecular weight is 212 g/mol. The molecular formula is C12H20O3. The Hall–Kier alpha value is -0.570. The van der Waals surface area contributed by atoms with Gasteiger partial charge in [0.25, 0.3) is 0 Å². The van der Waals surface area contributed by atoms with E-state index < -0.39 is 0 Å². The standard InChI is InChI=1S/C12H20O3/c1-4-14-10(13)9-12(15-9)8-6-5-7-11(12,2)3/h9H,4-8H2,1-3H3. The first-order valence-electron chi connectivity index (χ1n) is 5.88. The highest BCUT2D eigenvalue weighted by atomic mass is 16.7. The number of epoxide rings is 1. The van der Waals surface area contributed by atoms with Crippen molar-refractivity contribution in [1.29, 1.82) is 0 Å². The molecule has 0 radical (unpaired) electrons. The van der Waals surface area contributed by atoms with Gasteiger partial charge in [0.1, 0.15) is 5.60 Å². The van der Waals surface area contributed by atoms with Crippen molar-refractivity contribution in [3.05, 3.63) is 0 Å². The van der Waals surface area contributed by atoms with Crippen LogP contribution in [-0.2, 0) is 14.3 Å². The molecule has 1 saturated carbocycles. The van der Waals surface area contributed by atoms with Gasteiger partial charge in [0.2, 0.25) is 0 Å². The second kappa shape index (κ2) is 3.48. The molecular weight excluding hydrogens is 192 g/mol. The number of esters is 1. The highest BCUT2D eigenvalue weighted by molar-refractivity contribution is 5.79. The topological polar surface area (TPSA) is 38.8 Å². The fourth-order valence-corrected chi connectivity index (χ4v) is 2.84. The predicted octanol–water partition coefficient (Wildman–Crippen LogP) is 2.29. The number of hydrogen-bond donors (Lipinski definition) is 0. The Morgan fingerprint density at radius 2 is 2.07 bits per heavy atom. The lowest BCUT2D eigenvalue weighted by molar-refractivity contribution is -0.144. The third-order valence-corrected chi connectivity index (χ3v) is 3.94. The lowest BCUT2D eigenvalue weighted by Gasteiger charge is -2.36. The van der Waals surface area contributed by atoms with Gasteiger partial charge in [0.15, 0.2) is 6.10 Å². The van der Waals surface area contributed by atoms with E-state index >= 15 is 0 Å². The SMILES string of the molecule is CCOC(=O)C1OC12CCCCC2(C)C. The molecule has 15 heavy (non-hydrogen) atoms. The van der Waals surface area contributed by atoms with Gasteiger partial charge in [-0.05, 0) is 25.2 Å². The molecule has 0 aromatic heterocycles. The summed E-state index contributed by atoms with van der Waals surface area (Å²) in [5, 5.41) is 0. The highest BCUT2D eigenvalue weighted by Gasteiger charge is 2.69. The third-order valence-electron chi connectivity index (χ3n) is 3.94. The predicted molar refractivity (Wildman–Crippen MR) is 56.5 cm³/mol. The summed E-state index contributed by atoms with van der Waals surface area (Å²) in [6.45, 7) is 6.67. The van der Waals surface area contributed by atoms with Crippen LogP contribution in [0.3, 0.4) is 0 Å². The molecule has 0 aromatic carbocycles. The first-order valence-corrected chi connectivity index (χ1v) is 5.88. The maximum Gasteiger partial charge on any atom is 0.338 e. The summed E-state index contributed by atoms with van der Waals surface area (Å²) in [6, 6.07) is 0. The van der Waals surface area contributed by atoms with E-state index in [2.05, 4.69) is 13.8 Å². The average Bonchev–Trinajstić information content (AvgIpc) is 2.88. The lowest BCUT2D eigenvalue weighted by Crippen LogP contribution is -2.40. The van der Waals surface area contributed by atoms with E-state index in [0.29, 0.717) is 6.61 Å². The molecule has 0 N–H and O–H groups in total. The van der Waals surface area contributed by atoms with Crippen molar-refractivity contribution in [2.24, 2.45) is 5.41 Å². The number of ether oxygens (including phenoxy) is 2. The highest BCUT2D eigenvalue weighted by Crippen LogP contribution is 2.58. The summed E-state index contributed by atoms with van der Waals surface area (Å²) in [5.41, 5.74) is -0.0970. The van der Waals surface area contributed by atoms with E-state index in [1.165, 1.54) is 12.8 Å². The van der Waals surface area contributed by atoms with Crippen molar-refractivity contribution in [3.8, 4) is 0 Å². The largest absolute Gasteiger partial charge is 0.464 e. The first kappa shape index (κ1) is 10.9. The molecule has 86 valence electrons. The molecule has 1 heterocycles. The molecule has 0 amide bonds. The van der Waals surface area contributed by atoms with Crippen molar-refractivity contribution in [2.75, 3.05) is 6.61 Å². The summed E-state index contributed by atoms with van der Waals surface area (Å²) in [4.78, 5) is 11.6. The zero-order chi connectivity index (χ0) is 11.1. The quantitative estimate of drug-likeness (QED) is 0.520. The van der Waals surface area contributed by atoms with Gasteiger partial charge in [-0.25, -0.2) is 4.79 Å².